The summed E-state index contributed by atoms with van der Waals surface area (Å²) in [5.74, 6) is 0.644. The molecule has 0 amide bonds. The lowest BCUT2D eigenvalue weighted by Gasteiger charge is -2.39. The molecule has 0 saturated carbocycles. The molecule has 1 aliphatic heterocycles. The lowest BCUT2D eigenvalue weighted by molar-refractivity contribution is 0.331. The summed E-state index contributed by atoms with van der Waals surface area (Å²) in [4.78, 5) is 0.499. The molecule has 0 aromatic carbocycles. The summed E-state index contributed by atoms with van der Waals surface area (Å²) in [7, 11) is -3.12. The number of thiocarbonyl (C=S) groups is 1. The maximum absolute atomic E-state index is 12.2. The van der Waals surface area contributed by atoms with Crippen LogP contribution in [0.3, 0.4) is 0 Å². The second-order valence-corrected chi connectivity index (χ2v) is 9.18. The van der Waals surface area contributed by atoms with E-state index in [9.17, 15) is 8.42 Å². The third-order valence-corrected chi connectivity index (χ3v) is 7.55. The number of rotatable bonds is 6. The molecule has 19 heavy (non-hydrogen) atoms. The number of nitrogens with zero attached hydrogens (tertiary/aromatic N) is 1. The maximum atomic E-state index is 12.2. The van der Waals surface area contributed by atoms with Crippen molar-refractivity contribution in [2.45, 2.75) is 37.9 Å². The Balaban J connectivity index is 2.65. The van der Waals surface area contributed by atoms with E-state index in [0.717, 1.165) is 0 Å². The highest BCUT2D eigenvalue weighted by Crippen LogP contribution is 2.35. The van der Waals surface area contributed by atoms with Gasteiger partial charge in [0.05, 0.1) is 15.5 Å². The second-order valence-electron chi connectivity index (χ2n) is 5.46. The van der Waals surface area contributed by atoms with E-state index >= 15 is 0 Å². The van der Waals surface area contributed by atoms with Gasteiger partial charge in [-0.3, -0.25) is 0 Å². The summed E-state index contributed by atoms with van der Waals surface area (Å²) in [6, 6.07) is 0. The van der Waals surface area contributed by atoms with Crippen molar-refractivity contribution in [2.24, 2.45) is 11.7 Å². The second kappa shape index (κ2) is 6.74. The van der Waals surface area contributed by atoms with Gasteiger partial charge < -0.3 is 5.73 Å². The number of sulfonamides is 1. The third-order valence-electron chi connectivity index (χ3n) is 3.72. The molecule has 1 rings (SSSR count). The maximum Gasteiger partial charge on any atom is 0.214 e. The van der Waals surface area contributed by atoms with E-state index < -0.39 is 10.0 Å². The highest BCUT2D eigenvalue weighted by atomic mass is 32.2. The van der Waals surface area contributed by atoms with Gasteiger partial charge >= 0.3 is 0 Å². The highest BCUT2D eigenvalue weighted by Gasteiger charge is 2.39. The van der Waals surface area contributed by atoms with Gasteiger partial charge in [0.25, 0.3) is 0 Å². The number of hydrogen-bond acceptors (Lipinski definition) is 4. The van der Waals surface area contributed by atoms with Crippen LogP contribution in [0.4, 0.5) is 0 Å². The van der Waals surface area contributed by atoms with Gasteiger partial charge in [0.2, 0.25) is 10.0 Å². The first-order valence-electron chi connectivity index (χ1n) is 6.56. The average Bonchev–Trinajstić information content (AvgIpc) is 2.36. The molecule has 0 radical (unpaired) electrons. The Morgan fingerprint density at radius 3 is 2.32 bits per heavy atom. The largest absolute Gasteiger partial charge is 0.392 e. The molecule has 0 aliphatic carbocycles. The number of hydrogen-bond donors (Lipinski definition) is 1. The molecule has 1 heterocycles. The molecule has 0 aromatic rings. The van der Waals surface area contributed by atoms with E-state index in [-0.39, 0.29) is 10.5 Å². The molecule has 0 aromatic heterocycles. The van der Waals surface area contributed by atoms with Gasteiger partial charge in [-0.25, -0.2) is 12.7 Å². The van der Waals surface area contributed by atoms with Crippen molar-refractivity contribution in [1.29, 1.82) is 0 Å². The summed E-state index contributed by atoms with van der Waals surface area (Å²) in [5, 5.41) is 0. The zero-order valence-corrected chi connectivity index (χ0v) is 14.3. The summed E-state index contributed by atoms with van der Waals surface area (Å²) in [5.41, 5.74) is 5.81. The highest BCUT2D eigenvalue weighted by molar-refractivity contribution is 8.02. The van der Waals surface area contributed by atoms with Gasteiger partial charge in [0, 0.05) is 13.1 Å². The molecule has 0 bridgehead atoms. The van der Waals surface area contributed by atoms with Crippen LogP contribution in [-0.2, 0) is 10.0 Å². The van der Waals surface area contributed by atoms with Gasteiger partial charge in [0.15, 0.2) is 0 Å². The molecule has 1 aliphatic rings. The molecule has 112 valence electrons. The van der Waals surface area contributed by atoms with Gasteiger partial charge in [0.1, 0.15) is 0 Å². The Labute approximate surface area is 126 Å². The van der Waals surface area contributed by atoms with Crippen molar-refractivity contribution in [2.75, 3.05) is 25.1 Å². The Kier molecular flexibility index (Phi) is 6.10. The van der Waals surface area contributed by atoms with Crippen LogP contribution in [0.5, 0.6) is 0 Å². The van der Waals surface area contributed by atoms with Crippen molar-refractivity contribution in [3.63, 3.8) is 0 Å². The van der Waals surface area contributed by atoms with Gasteiger partial charge in [-0.1, -0.05) is 26.1 Å². The van der Waals surface area contributed by atoms with E-state index in [1.165, 1.54) is 0 Å². The Hall–Kier alpha value is 0.150. The van der Waals surface area contributed by atoms with Gasteiger partial charge in [-0.05, 0) is 31.4 Å². The molecule has 7 heteroatoms. The fraction of sp³-hybridized carbons (Fsp3) is 0.917. The molecule has 1 saturated heterocycles. The molecular weight excluding hydrogens is 300 g/mol. The first-order chi connectivity index (χ1) is 8.73. The molecule has 4 nitrogen and oxygen atoms in total. The molecule has 0 spiro atoms. The number of nitrogens with two attached hydrogens (primary N) is 1. The van der Waals surface area contributed by atoms with E-state index in [2.05, 4.69) is 0 Å². The number of thioether (sulfide) groups is 1. The Morgan fingerprint density at radius 1 is 1.42 bits per heavy atom. The van der Waals surface area contributed by atoms with Crippen LogP contribution in [0.1, 0.15) is 33.1 Å². The molecule has 2 N–H and O–H groups in total. The number of piperidine rings is 1. The zero-order chi connectivity index (χ0) is 14.7. The fourth-order valence-electron chi connectivity index (χ4n) is 2.19. The third kappa shape index (κ3) is 4.31. The fourth-order valence-corrected chi connectivity index (χ4v) is 5.20. The summed E-state index contributed by atoms with van der Waals surface area (Å²) < 4.78 is 25.8. The quantitative estimate of drug-likeness (QED) is 0.755. The van der Waals surface area contributed by atoms with Gasteiger partial charge in [-0.15, -0.1) is 0 Å². The lowest BCUT2D eigenvalue weighted by atomic mass is 9.97. The zero-order valence-electron chi connectivity index (χ0n) is 11.9. The summed E-state index contributed by atoms with van der Waals surface area (Å²) in [6.07, 6.45) is 4.12. The monoisotopic (exact) mass is 324 g/mol. The predicted octanol–water partition coefficient (Wildman–Crippen LogP) is 1.85. The van der Waals surface area contributed by atoms with Crippen LogP contribution in [0.15, 0.2) is 0 Å². The average molecular weight is 325 g/mol. The minimum absolute atomic E-state index is 0.223. The van der Waals surface area contributed by atoms with Crippen LogP contribution in [-0.4, -0.2) is 47.6 Å². The first kappa shape index (κ1) is 17.2. The molecule has 1 fully saturated rings. The van der Waals surface area contributed by atoms with Crippen molar-refractivity contribution in [3.8, 4) is 0 Å². The minimum Gasteiger partial charge on any atom is -0.392 e. The van der Waals surface area contributed by atoms with Crippen LogP contribution >= 0.6 is 24.0 Å². The SMILES string of the molecule is CSC1(C(N)=S)CCN(S(=O)(=O)CCC(C)C)CC1. The lowest BCUT2D eigenvalue weighted by Crippen LogP contribution is -2.51. The smallest absolute Gasteiger partial charge is 0.214 e. The summed E-state index contributed by atoms with van der Waals surface area (Å²) >= 11 is 6.78. The van der Waals surface area contributed by atoms with Crippen LogP contribution in [0, 0.1) is 5.92 Å². The Bertz CT molecular complexity index is 413. The van der Waals surface area contributed by atoms with E-state index in [4.69, 9.17) is 18.0 Å². The predicted molar refractivity (Wildman–Crippen MR) is 87.1 cm³/mol. The van der Waals surface area contributed by atoms with Gasteiger partial charge in [-0.2, -0.15) is 11.8 Å². The minimum atomic E-state index is -3.12. The van der Waals surface area contributed by atoms with Crippen LogP contribution in [0.2, 0.25) is 0 Å². The molecule has 0 unspecified atom stereocenters. The van der Waals surface area contributed by atoms with Crippen molar-refractivity contribution in [3.05, 3.63) is 0 Å². The van der Waals surface area contributed by atoms with Crippen molar-refractivity contribution in [1.82, 2.24) is 4.31 Å². The standard InChI is InChI=1S/C12H24N2O2S3/c1-10(2)4-9-19(15,16)14-7-5-12(18-3,6-8-14)11(13)17/h10H,4-9H2,1-3H3,(H2,13,17). The Morgan fingerprint density at radius 2 is 1.95 bits per heavy atom. The van der Waals surface area contributed by atoms with E-state index in [0.29, 0.717) is 43.3 Å². The topological polar surface area (TPSA) is 63.4 Å². The van der Waals surface area contributed by atoms with Crippen LogP contribution in [0.25, 0.3) is 0 Å². The summed E-state index contributed by atoms with van der Waals surface area (Å²) in [6.45, 7) is 5.13. The normalized spacial score (nSPS) is 20.6. The van der Waals surface area contributed by atoms with E-state index in [1.807, 2.05) is 20.1 Å². The van der Waals surface area contributed by atoms with E-state index in [1.54, 1.807) is 16.1 Å². The molecule has 0 atom stereocenters. The first-order valence-corrected chi connectivity index (χ1v) is 9.80. The van der Waals surface area contributed by atoms with Crippen LogP contribution < -0.4 is 5.73 Å². The van der Waals surface area contributed by atoms with Crippen molar-refractivity contribution < 1.29 is 8.42 Å². The van der Waals surface area contributed by atoms with Crippen molar-refractivity contribution >= 4 is 39.0 Å². The molecular formula is C12H24N2O2S3.